The van der Waals surface area contributed by atoms with Crippen molar-refractivity contribution in [3.8, 4) is 0 Å². The molecule has 0 aromatic heterocycles. The Morgan fingerprint density at radius 3 is 2.35 bits per heavy atom. The van der Waals surface area contributed by atoms with Crippen LogP contribution in [0.1, 0.15) is 6.42 Å². The molecule has 0 unspecified atom stereocenters. The number of hydrogen-bond acceptors (Lipinski definition) is 6. The number of hydrogen-bond donors (Lipinski definition) is 1. The highest BCUT2D eigenvalue weighted by atomic mass is 32.2. The summed E-state index contributed by atoms with van der Waals surface area (Å²) in [5.41, 5.74) is 0.0373. The topological polar surface area (TPSA) is 77.9 Å². The number of carboxylic acids is 1. The molecule has 106 valence electrons. The Bertz CT molecular complexity index is 570. The zero-order valence-corrected chi connectivity index (χ0v) is 13.0. The predicted octanol–water partition coefficient (Wildman–Crippen LogP) is 1.21. The number of amides is 2. The summed E-state index contributed by atoms with van der Waals surface area (Å²) >= 11 is 7.33. The van der Waals surface area contributed by atoms with E-state index < -0.39 is 17.8 Å². The van der Waals surface area contributed by atoms with E-state index in [9.17, 15) is 14.4 Å². The highest BCUT2D eigenvalue weighted by Crippen LogP contribution is 2.47. The fourth-order valence-corrected chi connectivity index (χ4v) is 4.11. The van der Waals surface area contributed by atoms with E-state index in [0.29, 0.717) is 9.14 Å². The number of likely N-dealkylation sites (N-methyl/N-ethyl adjacent to an activating group) is 2. The third-order valence-electron chi connectivity index (χ3n) is 2.66. The number of nitrogens with zero attached hydrogens (tertiary/aromatic N) is 2. The monoisotopic (exact) mass is 330 g/mol. The van der Waals surface area contributed by atoms with Crippen LogP contribution in [0.5, 0.6) is 0 Å². The molecule has 2 amide bonds. The Morgan fingerprint density at radius 1 is 1.30 bits per heavy atom. The van der Waals surface area contributed by atoms with E-state index in [1.807, 2.05) is 0 Å². The van der Waals surface area contributed by atoms with Gasteiger partial charge >= 0.3 is 5.97 Å². The highest BCUT2D eigenvalue weighted by molar-refractivity contribution is 8.28. The maximum Gasteiger partial charge on any atom is 0.308 e. The lowest BCUT2D eigenvalue weighted by Crippen LogP contribution is -2.53. The average molecular weight is 330 g/mol. The van der Waals surface area contributed by atoms with Gasteiger partial charge in [0.2, 0.25) is 0 Å². The molecule has 2 heterocycles. The van der Waals surface area contributed by atoms with Gasteiger partial charge in [-0.2, -0.15) is 0 Å². The highest BCUT2D eigenvalue weighted by Gasteiger charge is 2.39. The molecule has 2 aliphatic heterocycles. The van der Waals surface area contributed by atoms with Crippen LogP contribution in [-0.2, 0) is 14.4 Å². The summed E-state index contributed by atoms with van der Waals surface area (Å²) in [5.74, 6) is -1.87. The van der Waals surface area contributed by atoms with Gasteiger partial charge in [-0.25, -0.2) is 0 Å². The van der Waals surface area contributed by atoms with Crippen LogP contribution >= 0.6 is 35.7 Å². The SMILES string of the molecule is CN1C(=O)C(=C2SC=C(CC(=O)O)S2)C(=O)N(C)C1=S. The molecule has 0 saturated carbocycles. The van der Waals surface area contributed by atoms with E-state index in [2.05, 4.69) is 0 Å². The van der Waals surface area contributed by atoms with Gasteiger partial charge in [-0.3, -0.25) is 24.2 Å². The van der Waals surface area contributed by atoms with Crippen LogP contribution in [0.4, 0.5) is 0 Å². The van der Waals surface area contributed by atoms with Crippen molar-refractivity contribution in [2.24, 2.45) is 0 Å². The summed E-state index contributed by atoms with van der Waals surface area (Å²) in [6, 6.07) is 0. The molecule has 0 aliphatic carbocycles. The molecule has 0 spiro atoms. The molecule has 0 radical (unpaired) electrons. The van der Waals surface area contributed by atoms with Crippen LogP contribution in [0.15, 0.2) is 20.1 Å². The largest absolute Gasteiger partial charge is 0.481 e. The third-order valence-corrected chi connectivity index (χ3v) is 5.63. The quantitative estimate of drug-likeness (QED) is 0.463. The summed E-state index contributed by atoms with van der Waals surface area (Å²) in [7, 11) is 3.01. The number of thioether (sulfide) groups is 2. The standard InChI is InChI=1S/C11H10N2O4S3/c1-12-8(16)7(9(17)13(2)11(12)18)10-19-4-5(20-10)3-6(14)15/h4H,3H2,1-2H3,(H,14,15). The van der Waals surface area contributed by atoms with Crippen molar-refractivity contribution in [3.63, 3.8) is 0 Å². The van der Waals surface area contributed by atoms with Crippen molar-refractivity contribution in [2.75, 3.05) is 14.1 Å². The minimum atomic E-state index is -0.952. The first-order valence-corrected chi connectivity index (χ1v) is 7.53. The zero-order valence-electron chi connectivity index (χ0n) is 10.6. The van der Waals surface area contributed by atoms with Crippen LogP contribution in [0.2, 0.25) is 0 Å². The van der Waals surface area contributed by atoms with Crippen molar-refractivity contribution < 1.29 is 19.5 Å². The third kappa shape index (κ3) is 2.60. The van der Waals surface area contributed by atoms with E-state index in [1.165, 1.54) is 35.7 Å². The van der Waals surface area contributed by atoms with Gasteiger partial charge < -0.3 is 5.11 Å². The lowest BCUT2D eigenvalue weighted by molar-refractivity contribution is -0.136. The molecule has 1 saturated heterocycles. The molecule has 1 fully saturated rings. The van der Waals surface area contributed by atoms with Crippen molar-refractivity contribution in [1.29, 1.82) is 0 Å². The molecule has 20 heavy (non-hydrogen) atoms. The van der Waals surface area contributed by atoms with Gasteiger partial charge in [0, 0.05) is 19.0 Å². The number of carbonyl (C=O) groups is 3. The second-order valence-corrected chi connectivity index (χ2v) is 6.69. The van der Waals surface area contributed by atoms with Gasteiger partial charge in [0.15, 0.2) is 5.11 Å². The predicted molar refractivity (Wildman–Crippen MR) is 80.7 cm³/mol. The van der Waals surface area contributed by atoms with Gasteiger partial charge in [-0.15, -0.1) is 0 Å². The van der Waals surface area contributed by atoms with Crippen LogP contribution in [0, 0.1) is 0 Å². The van der Waals surface area contributed by atoms with E-state index in [1.54, 1.807) is 5.41 Å². The average Bonchev–Trinajstić information content (AvgIpc) is 2.81. The number of thiocarbonyl (C=S) groups is 1. The Hall–Kier alpha value is -1.32. The molecule has 0 bridgehead atoms. The minimum Gasteiger partial charge on any atom is -0.481 e. The Balaban J connectivity index is 2.30. The summed E-state index contributed by atoms with van der Waals surface area (Å²) in [6.07, 6.45) is -0.124. The van der Waals surface area contributed by atoms with E-state index in [4.69, 9.17) is 17.3 Å². The molecular formula is C11H10N2O4S3. The summed E-state index contributed by atoms with van der Waals surface area (Å²) in [4.78, 5) is 38.1. The van der Waals surface area contributed by atoms with Crippen molar-refractivity contribution in [3.05, 3.63) is 20.1 Å². The lowest BCUT2D eigenvalue weighted by atomic mass is 10.2. The van der Waals surface area contributed by atoms with Gasteiger partial charge in [0.05, 0.1) is 10.7 Å². The first kappa shape index (κ1) is 15.1. The lowest BCUT2D eigenvalue weighted by Gasteiger charge is -2.32. The van der Waals surface area contributed by atoms with Gasteiger partial charge in [-0.05, 0) is 17.6 Å². The normalized spacial score (nSPS) is 19.9. The molecule has 6 nitrogen and oxygen atoms in total. The summed E-state index contributed by atoms with van der Waals surface area (Å²) in [6.45, 7) is 0. The molecule has 1 N–H and O–H groups in total. The second-order valence-electron chi connectivity index (χ2n) is 4.05. The molecular weight excluding hydrogens is 320 g/mol. The Morgan fingerprint density at radius 2 is 1.85 bits per heavy atom. The number of carbonyl (C=O) groups excluding carboxylic acids is 2. The Kier molecular flexibility index (Phi) is 4.21. The minimum absolute atomic E-state index is 0.0373. The van der Waals surface area contributed by atoms with E-state index in [-0.39, 0.29) is 17.1 Å². The summed E-state index contributed by atoms with van der Waals surface area (Å²) in [5, 5.41) is 10.5. The number of carboxylic acid groups (broad SMARTS) is 1. The van der Waals surface area contributed by atoms with Crippen LogP contribution < -0.4 is 0 Å². The fourth-order valence-electron chi connectivity index (χ4n) is 1.62. The first-order valence-electron chi connectivity index (χ1n) is 5.42. The second kappa shape index (κ2) is 5.58. The van der Waals surface area contributed by atoms with E-state index >= 15 is 0 Å². The van der Waals surface area contributed by atoms with Crippen molar-refractivity contribution >= 4 is 58.6 Å². The number of rotatable bonds is 2. The van der Waals surface area contributed by atoms with Gasteiger partial charge in [0.1, 0.15) is 5.57 Å². The maximum atomic E-state index is 12.2. The van der Waals surface area contributed by atoms with E-state index in [0.717, 1.165) is 11.8 Å². The molecule has 0 aromatic rings. The van der Waals surface area contributed by atoms with Crippen molar-refractivity contribution in [1.82, 2.24) is 9.80 Å². The smallest absolute Gasteiger partial charge is 0.308 e. The zero-order chi connectivity index (χ0) is 15.0. The van der Waals surface area contributed by atoms with Crippen LogP contribution in [-0.4, -0.2) is 51.9 Å². The summed E-state index contributed by atoms with van der Waals surface area (Å²) < 4.78 is 0.498. The fraction of sp³-hybridized carbons (Fsp3) is 0.273. The number of aliphatic carboxylic acids is 1. The molecule has 2 aliphatic rings. The van der Waals surface area contributed by atoms with Gasteiger partial charge in [-0.1, -0.05) is 23.5 Å². The molecule has 9 heteroatoms. The van der Waals surface area contributed by atoms with Crippen LogP contribution in [0.3, 0.4) is 0 Å². The van der Waals surface area contributed by atoms with Crippen molar-refractivity contribution in [2.45, 2.75) is 6.42 Å². The molecule has 0 aromatic carbocycles. The maximum absolute atomic E-state index is 12.2. The Labute approximate surface area is 128 Å². The molecule has 0 atom stereocenters. The van der Waals surface area contributed by atoms with Gasteiger partial charge in [0.25, 0.3) is 11.8 Å². The first-order chi connectivity index (χ1) is 9.32. The van der Waals surface area contributed by atoms with Crippen LogP contribution in [0.25, 0.3) is 0 Å². The molecule has 2 rings (SSSR count).